The molecule has 4 aromatic rings. The zero-order valence-corrected chi connectivity index (χ0v) is 16.3. The molecule has 2 aromatic heterocycles. The summed E-state index contributed by atoms with van der Waals surface area (Å²) in [6.45, 7) is 1.14. The van der Waals surface area contributed by atoms with E-state index in [2.05, 4.69) is 25.6 Å². The molecule has 2 aromatic carbocycles. The standard InChI is InChI=1S/C23H19N5O2/c1-24-9-16-7-14(2-3-15(16)11-29)21-19-8-20(28-22(19)27-12-26-21)13-4-5-18-17(6-13)10-25-23(18)30/h2-8,11-12,24H,9-10H2,1H3,(H,25,30)(H,26,27,28). The normalized spacial score (nSPS) is 12.8. The molecule has 0 bridgehead atoms. The van der Waals surface area contributed by atoms with Crippen LogP contribution in [0.3, 0.4) is 0 Å². The molecule has 0 atom stereocenters. The number of hydrogen-bond acceptors (Lipinski definition) is 5. The minimum Gasteiger partial charge on any atom is -0.348 e. The number of rotatable bonds is 5. The molecule has 7 heteroatoms. The van der Waals surface area contributed by atoms with Crippen LogP contribution in [0.4, 0.5) is 0 Å². The van der Waals surface area contributed by atoms with Gasteiger partial charge in [-0.25, -0.2) is 9.97 Å². The SMILES string of the molecule is CNCc1cc(-c2ncnc3[nH]c(-c4ccc5c(c4)CNC5=O)cc23)ccc1C=O. The zero-order valence-electron chi connectivity index (χ0n) is 16.3. The molecular formula is C23H19N5O2. The lowest BCUT2D eigenvalue weighted by Crippen LogP contribution is -2.12. The van der Waals surface area contributed by atoms with Crippen molar-refractivity contribution >= 4 is 23.2 Å². The Hall–Kier alpha value is -3.84. The summed E-state index contributed by atoms with van der Waals surface area (Å²) in [6.07, 6.45) is 2.41. The van der Waals surface area contributed by atoms with Gasteiger partial charge in [0, 0.05) is 40.9 Å². The number of carbonyl (C=O) groups is 2. The Morgan fingerprint density at radius 3 is 2.80 bits per heavy atom. The zero-order chi connectivity index (χ0) is 20.7. The van der Waals surface area contributed by atoms with E-state index < -0.39 is 0 Å². The molecule has 1 amide bonds. The Kier molecular flexibility index (Phi) is 4.37. The highest BCUT2D eigenvalue weighted by Crippen LogP contribution is 2.32. The number of aldehydes is 1. The Balaban J connectivity index is 1.61. The van der Waals surface area contributed by atoms with E-state index in [0.717, 1.165) is 56.5 Å². The Morgan fingerprint density at radius 1 is 1.10 bits per heavy atom. The molecule has 0 radical (unpaired) electrons. The molecule has 7 nitrogen and oxygen atoms in total. The third-order valence-electron chi connectivity index (χ3n) is 5.44. The second-order valence-electron chi connectivity index (χ2n) is 7.28. The first-order valence-electron chi connectivity index (χ1n) is 9.66. The summed E-state index contributed by atoms with van der Waals surface area (Å²) in [5.41, 5.74) is 7.65. The van der Waals surface area contributed by atoms with Crippen LogP contribution in [0.5, 0.6) is 0 Å². The van der Waals surface area contributed by atoms with Crippen molar-refractivity contribution in [2.75, 3.05) is 7.05 Å². The second kappa shape index (κ2) is 7.20. The highest BCUT2D eigenvalue weighted by atomic mass is 16.1. The van der Waals surface area contributed by atoms with E-state index in [4.69, 9.17) is 0 Å². The molecular weight excluding hydrogens is 378 g/mol. The number of nitrogens with one attached hydrogen (secondary N) is 3. The summed E-state index contributed by atoms with van der Waals surface area (Å²) in [4.78, 5) is 35.4. The summed E-state index contributed by atoms with van der Waals surface area (Å²) >= 11 is 0. The topological polar surface area (TPSA) is 99.8 Å². The van der Waals surface area contributed by atoms with E-state index in [1.165, 1.54) is 6.33 Å². The number of aromatic nitrogens is 3. The quantitative estimate of drug-likeness (QED) is 0.450. The molecule has 0 fully saturated rings. The number of hydrogen-bond donors (Lipinski definition) is 3. The van der Waals surface area contributed by atoms with Crippen molar-refractivity contribution in [3.8, 4) is 22.5 Å². The minimum absolute atomic E-state index is 0.0301. The van der Waals surface area contributed by atoms with E-state index >= 15 is 0 Å². The maximum Gasteiger partial charge on any atom is 0.251 e. The van der Waals surface area contributed by atoms with Crippen LogP contribution in [0.25, 0.3) is 33.5 Å². The molecule has 3 heterocycles. The van der Waals surface area contributed by atoms with Crippen molar-refractivity contribution in [1.29, 1.82) is 0 Å². The summed E-state index contributed by atoms with van der Waals surface area (Å²) in [6, 6.07) is 13.6. The Bertz CT molecular complexity index is 1310. The van der Waals surface area contributed by atoms with Crippen LogP contribution in [-0.2, 0) is 13.1 Å². The van der Waals surface area contributed by atoms with Gasteiger partial charge in [-0.2, -0.15) is 0 Å². The van der Waals surface area contributed by atoms with Crippen molar-refractivity contribution in [1.82, 2.24) is 25.6 Å². The molecule has 3 N–H and O–H groups in total. The molecule has 0 saturated carbocycles. The number of amides is 1. The molecule has 1 aliphatic heterocycles. The summed E-state index contributed by atoms with van der Waals surface area (Å²) < 4.78 is 0. The maximum absolute atomic E-state index is 11.8. The van der Waals surface area contributed by atoms with E-state index in [-0.39, 0.29) is 5.91 Å². The fraction of sp³-hybridized carbons (Fsp3) is 0.130. The predicted molar refractivity (Wildman–Crippen MR) is 114 cm³/mol. The summed E-state index contributed by atoms with van der Waals surface area (Å²) in [7, 11) is 1.85. The monoisotopic (exact) mass is 397 g/mol. The maximum atomic E-state index is 11.8. The van der Waals surface area contributed by atoms with Crippen LogP contribution in [0, 0.1) is 0 Å². The molecule has 0 aliphatic carbocycles. The molecule has 5 rings (SSSR count). The van der Waals surface area contributed by atoms with Crippen LogP contribution in [0.15, 0.2) is 48.8 Å². The average molecular weight is 397 g/mol. The summed E-state index contributed by atoms with van der Waals surface area (Å²) in [5.74, 6) is -0.0301. The Labute approximate surface area is 172 Å². The van der Waals surface area contributed by atoms with E-state index in [9.17, 15) is 9.59 Å². The van der Waals surface area contributed by atoms with Crippen LogP contribution in [-0.4, -0.2) is 34.2 Å². The van der Waals surface area contributed by atoms with Gasteiger partial charge in [0.15, 0.2) is 0 Å². The van der Waals surface area contributed by atoms with E-state index in [0.29, 0.717) is 18.7 Å². The second-order valence-corrected chi connectivity index (χ2v) is 7.28. The number of aromatic amines is 1. The molecule has 148 valence electrons. The number of carbonyl (C=O) groups excluding carboxylic acids is 2. The molecule has 0 saturated heterocycles. The number of H-pyrrole nitrogens is 1. The minimum atomic E-state index is -0.0301. The smallest absolute Gasteiger partial charge is 0.251 e. The predicted octanol–water partition coefficient (Wildman–Crippen LogP) is 3.07. The van der Waals surface area contributed by atoms with Crippen molar-refractivity contribution in [3.63, 3.8) is 0 Å². The summed E-state index contributed by atoms with van der Waals surface area (Å²) in [5, 5.41) is 6.84. The van der Waals surface area contributed by atoms with E-state index in [1.54, 1.807) is 0 Å². The number of fused-ring (bicyclic) bond motifs is 2. The lowest BCUT2D eigenvalue weighted by Gasteiger charge is -2.08. The van der Waals surface area contributed by atoms with Gasteiger partial charge in [-0.15, -0.1) is 0 Å². The van der Waals surface area contributed by atoms with Gasteiger partial charge in [0.05, 0.1) is 5.69 Å². The van der Waals surface area contributed by atoms with Gasteiger partial charge < -0.3 is 15.6 Å². The van der Waals surface area contributed by atoms with Gasteiger partial charge in [-0.3, -0.25) is 9.59 Å². The first kappa shape index (κ1) is 18.2. The van der Waals surface area contributed by atoms with Gasteiger partial charge in [0.25, 0.3) is 5.91 Å². The van der Waals surface area contributed by atoms with Gasteiger partial charge in [-0.05, 0) is 48.0 Å². The first-order chi connectivity index (χ1) is 14.7. The third-order valence-corrected chi connectivity index (χ3v) is 5.44. The number of nitrogens with zero attached hydrogens (tertiary/aromatic N) is 2. The largest absolute Gasteiger partial charge is 0.348 e. The van der Waals surface area contributed by atoms with E-state index in [1.807, 2.05) is 49.5 Å². The molecule has 30 heavy (non-hydrogen) atoms. The van der Waals surface area contributed by atoms with Crippen molar-refractivity contribution in [2.24, 2.45) is 0 Å². The van der Waals surface area contributed by atoms with Gasteiger partial charge in [-0.1, -0.05) is 18.2 Å². The molecule has 0 unspecified atom stereocenters. The van der Waals surface area contributed by atoms with Gasteiger partial charge in [0.1, 0.15) is 18.3 Å². The van der Waals surface area contributed by atoms with Crippen LogP contribution >= 0.6 is 0 Å². The first-order valence-corrected chi connectivity index (χ1v) is 9.66. The van der Waals surface area contributed by atoms with Crippen molar-refractivity contribution in [3.05, 3.63) is 71.0 Å². The van der Waals surface area contributed by atoms with Crippen LogP contribution in [0.1, 0.15) is 31.8 Å². The highest BCUT2D eigenvalue weighted by molar-refractivity contribution is 5.99. The van der Waals surface area contributed by atoms with Crippen molar-refractivity contribution < 1.29 is 9.59 Å². The Morgan fingerprint density at radius 2 is 1.97 bits per heavy atom. The van der Waals surface area contributed by atoms with Gasteiger partial charge >= 0.3 is 0 Å². The third kappa shape index (κ3) is 2.96. The van der Waals surface area contributed by atoms with Gasteiger partial charge in [0.2, 0.25) is 0 Å². The van der Waals surface area contributed by atoms with Crippen LogP contribution in [0.2, 0.25) is 0 Å². The lowest BCUT2D eigenvalue weighted by atomic mass is 10.0. The van der Waals surface area contributed by atoms with Crippen LogP contribution < -0.4 is 10.6 Å². The fourth-order valence-electron chi connectivity index (χ4n) is 3.94. The lowest BCUT2D eigenvalue weighted by molar-refractivity contribution is 0.0965. The number of benzene rings is 2. The van der Waals surface area contributed by atoms with Crippen molar-refractivity contribution in [2.45, 2.75) is 13.1 Å². The molecule has 1 aliphatic rings. The highest BCUT2D eigenvalue weighted by Gasteiger charge is 2.20. The molecule has 0 spiro atoms. The average Bonchev–Trinajstić information content (AvgIpc) is 3.37. The fourth-order valence-corrected chi connectivity index (χ4v) is 3.94.